The van der Waals surface area contributed by atoms with Crippen molar-refractivity contribution in [2.75, 3.05) is 18.5 Å². The Kier molecular flexibility index (Phi) is 4.47. The highest BCUT2D eigenvalue weighted by molar-refractivity contribution is 5.57. The first-order valence-electron chi connectivity index (χ1n) is 5.29. The second kappa shape index (κ2) is 5.66. The smallest absolute Gasteiger partial charge is 0.0604 e. The Morgan fingerprint density at radius 1 is 1.14 bits per heavy atom. The van der Waals surface area contributed by atoms with Gasteiger partial charge in [-0.3, -0.25) is 0 Å². The number of benzene rings is 1. The molecule has 0 atom stereocenters. The first kappa shape index (κ1) is 11.1. The van der Waals surface area contributed by atoms with Crippen LogP contribution in [0, 0.1) is 0 Å². The van der Waals surface area contributed by atoms with Crippen LogP contribution in [0.25, 0.3) is 0 Å². The molecule has 0 radical (unpaired) electrons. The van der Waals surface area contributed by atoms with Gasteiger partial charge in [-0.15, -0.1) is 0 Å². The first-order chi connectivity index (χ1) is 6.83. The van der Waals surface area contributed by atoms with E-state index in [2.05, 4.69) is 37.4 Å². The molecule has 1 aromatic carbocycles. The number of para-hydroxylation sites is 1. The molecule has 0 bridgehead atoms. The van der Waals surface area contributed by atoms with Crippen LogP contribution >= 0.6 is 0 Å². The molecule has 78 valence electrons. The number of hydrogen-bond donors (Lipinski definition) is 2. The molecule has 0 heterocycles. The maximum atomic E-state index is 8.79. The molecule has 0 aromatic heterocycles. The second-order valence-corrected chi connectivity index (χ2v) is 3.31. The van der Waals surface area contributed by atoms with Gasteiger partial charge in [0.1, 0.15) is 0 Å². The average Bonchev–Trinajstić information content (AvgIpc) is 2.25. The van der Waals surface area contributed by atoms with Crippen molar-refractivity contribution in [3.8, 4) is 0 Å². The molecular weight excluding hydrogens is 174 g/mol. The average molecular weight is 193 g/mol. The molecule has 0 aliphatic rings. The van der Waals surface area contributed by atoms with E-state index in [0.29, 0.717) is 6.54 Å². The van der Waals surface area contributed by atoms with Crippen LogP contribution in [0.2, 0.25) is 0 Å². The van der Waals surface area contributed by atoms with E-state index in [1.807, 2.05) is 0 Å². The van der Waals surface area contributed by atoms with E-state index < -0.39 is 0 Å². The van der Waals surface area contributed by atoms with Gasteiger partial charge in [-0.25, -0.2) is 0 Å². The predicted molar refractivity (Wildman–Crippen MR) is 60.8 cm³/mol. The molecule has 2 heteroatoms. The largest absolute Gasteiger partial charge is 0.395 e. The Morgan fingerprint density at radius 3 is 2.14 bits per heavy atom. The van der Waals surface area contributed by atoms with Crippen molar-refractivity contribution in [1.82, 2.24) is 0 Å². The number of rotatable bonds is 5. The number of hydrogen-bond acceptors (Lipinski definition) is 2. The highest BCUT2D eigenvalue weighted by Gasteiger charge is 2.04. The molecule has 0 saturated carbocycles. The Hall–Kier alpha value is -1.02. The van der Waals surface area contributed by atoms with Crippen LogP contribution < -0.4 is 5.32 Å². The fraction of sp³-hybridized carbons (Fsp3) is 0.500. The maximum absolute atomic E-state index is 8.79. The van der Waals surface area contributed by atoms with Gasteiger partial charge in [0, 0.05) is 12.2 Å². The van der Waals surface area contributed by atoms with Crippen LogP contribution in [0.3, 0.4) is 0 Å². The molecule has 0 spiro atoms. The second-order valence-electron chi connectivity index (χ2n) is 3.31. The first-order valence-corrected chi connectivity index (χ1v) is 5.29. The minimum atomic E-state index is 0.182. The van der Waals surface area contributed by atoms with Gasteiger partial charge < -0.3 is 10.4 Å². The summed E-state index contributed by atoms with van der Waals surface area (Å²) in [4.78, 5) is 0. The highest BCUT2D eigenvalue weighted by Crippen LogP contribution is 2.21. The summed E-state index contributed by atoms with van der Waals surface area (Å²) in [6, 6.07) is 6.37. The Balaban J connectivity index is 2.93. The minimum absolute atomic E-state index is 0.182. The summed E-state index contributed by atoms with van der Waals surface area (Å²) in [5.41, 5.74) is 3.88. The van der Waals surface area contributed by atoms with Crippen molar-refractivity contribution in [3.05, 3.63) is 29.3 Å². The monoisotopic (exact) mass is 193 g/mol. The van der Waals surface area contributed by atoms with E-state index in [-0.39, 0.29) is 6.61 Å². The lowest BCUT2D eigenvalue weighted by molar-refractivity contribution is 0.311. The lowest BCUT2D eigenvalue weighted by Crippen LogP contribution is -2.09. The fourth-order valence-electron chi connectivity index (χ4n) is 1.65. The van der Waals surface area contributed by atoms with Crippen molar-refractivity contribution < 1.29 is 5.11 Å². The number of aliphatic hydroxyl groups excluding tert-OH is 1. The lowest BCUT2D eigenvalue weighted by Gasteiger charge is -2.14. The third-order valence-electron chi connectivity index (χ3n) is 2.41. The standard InChI is InChI=1S/C12H19NO/c1-3-10-6-5-7-11(4-2)12(10)13-8-9-14/h5-7,13-14H,3-4,8-9H2,1-2H3. The van der Waals surface area contributed by atoms with Crippen molar-refractivity contribution in [1.29, 1.82) is 0 Å². The van der Waals surface area contributed by atoms with E-state index in [0.717, 1.165) is 12.8 Å². The number of anilines is 1. The summed E-state index contributed by atoms with van der Waals surface area (Å²) >= 11 is 0. The normalized spacial score (nSPS) is 10.2. The Bertz CT molecular complexity index is 261. The molecule has 0 amide bonds. The quantitative estimate of drug-likeness (QED) is 0.751. The highest BCUT2D eigenvalue weighted by atomic mass is 16.3. The van der Waals surface area contributed by atoms with Crippen molar-refractivity contribution in [3.63, 3.8) is 0 Å². The third kappa shape index (κ3) is 2.48. The number of aryl methyl sites for hydroxylation is 2. The zero-order chi connectivity index (χ0) is 10.4. The lowest BCUT2D eigenvalue weighted by atomic mass is 10.0. The molecule has 0 fully saturated rings. The van der Waals surface area contributed by atoms with Gasteiger partial charge in [0.25, 0.3) is 0 Å². The van der Waals surface area contributed by atoms with E-state index in [1.165, 1.54) is 16.8 Å². The van der Waals surface area contributed by atoms with E-state index in [1.54, 1.807) is 0 Å². The van der Waals surface area contributed by atoms with Crippen LogP contribution in [-0.2, 0) is 12.8 Å². The van der Waals surface area contributed by atoms with E-state index in [4.69, 9.17) is 5.11 Å². The van der Waals surface area contributed by atoms with Crippen LogP contribution in [-0.4, -0.2) is 18.3 Å². The zero-order valence-corrected chi connectivity index (χ0v) is 9.01. The van der Waals surface area contributed by atoms with Gasteiger partial charge in [0.2, 0.25) is 0 Å². The summed E-state index contributed by atoms with van der Waals surface area (Å²) in [5.74, 6) is 0. The van der Waals surface area contributed by atoms with Gasteiger partial charge >= 0.3 is 0 Å². The van der Waals surface area contributed by atoms with Gasteiger partial charge in [0.05, 0.1) is 6.61 Å². The molecule has 2 N–H and O–H groups in total. The van der Waals surface area contributed by atoms with Crippen molar-refractivity contribution >= 4 is 5.69 Å². The minimum Gasteiger partial charge on any atom is -0.395 e. The van der Waals surface area contributed by atoms with Gasteiger partial charge in [-0.1, -0.05) is 32.0 Å². The van der Waals surface area contributed by atoms with Crippen LogP contribution in [0.1, 0.15) is 25.0 Å². The van der Waals surface area contributed by atoms with Crippen molar-refractivity contribution in [2.24, 2.45) is 0 Å². The number of aliphatic hydroxyl groups is 1. The molecular formula is C12H19NO. The maximum Gasteiger partial charge on any atom is 0.0604 e. The van der Waals surface area contributed by atoms with Crippen LogP contribution in [0.5, 0.6) is 0 Å². The third-order valence-corrected chi connectivity index (χ3v) is 2.41. The van der Waals surface area contributed by atoms with Crippen LogP contribution in [0.15, 0.2) is 18.2 Å². The topological polar surface area (TPSA) is 32.3 Å². The molecule has 0 aliphatic heterocycles. The van der Waals surface area contributed by atoms with Gasteiger partial charge in [0.15, 0.2) is 0 Å². The molecule has 2 nitrogen and oxygen atoms in total. The Morgan fingerprint density at radius 2 is 1.71 bits per heavy atom. The Labute approximate surface area is 86.0 Å². The summed E-state index contributed by atoms with van der Waals surface area (Å²) in [5, 5.41) is 12.1. The molecule has 1 aromatic rings. The molecule has 0 unspecified atom stereocenters. The summed E-state index contributed by atoms with van der Waals surface area (Å²) in [6.45, 7) is 5.11. The molecule has 14 heavy (non-hydrogen) atoms. The van der Waals surface area contributed by atoms with Crippen LogP contribution in [0.4, 0.5) is 5.69 Å². The van der Waals surface area contributed by atoms with Crippen molar-refractivity contribution in [2.45, 2.75) is 26.7 Å². The summed E-state index contributed by atoms with van der Waals surface area (Å²) in [7, 11) is 0. The molecule has 0 aliphatic carbocycles. The van der Waals surface area contributed by atoms with E-state index in [9.17, 15) is 0 Å². The summed E-state index contributed by atoms with van der Waals surface area (Å²) < 4.78 is 0. The fourth-order valence-corrected chi connectivity index (χ4v) is 1.65. The van der Waals surface area contributed by atoms with E-state index >= 15 is 0 Å². The number of nitrogens with one attached hydrogen (secondary N) is 1. The van der Waals surface area contributed by atoms with Gasteiger partial charge in [-0.2, -0.15) is 0 Å². The summed E-state index contributed by atoms with van der Waals surface area (Å²) in [6.07, 6.45) is 2.06. The molecule has 1 rings (SSSR count). The van der Waals surface area contributed by atoms with Gasteiger partial charge in [-0.05, 0) is 24.0 Å². The molecule has 0 saturated heterocycles. The predicted octanol–water partition coefficient (Wildman–Crippen LogP) is 2.22. The SMILES string of the molecule is CCc1cccc(CC)c1NCCO. The zero-order valence-electron chi connectivity index (χ0n) is 9.01.